The highest BCUT2D eigenvalue weighted by Gasteiger charge is 2.20. The molecule has 1 aromatic rings. The van der Waals surface area contributed by atoms with Crippen molar-refractivity contribution in [2.45, 2.75) is 39.8 Å². The fourth-order valence-corrected chi connectivity index (χ4v) is 1.39. The van der Waals surface area contributed by atoms with Crippen molar-refractivity contribution < 1.29 is 9.53 Å². The lowest BCUT2D eigenvalue weighted by Crippen LogP contribution is -2.40. The average molecular weight is 236 g/mol. The minimum absolute atomic E-state index is 0.344. The van der Waals surface area contributed by atoms with E-state index in [-0.39, 0.29) is 0 Å². The Bertz CT molecular complexity index is 397. The number of hydrogen-bond acceptors (Lipinski definition) is 3. The molecule has 0 atom stereocenters. The van der Waals surface area contributed by atoms with Crippen LogP contribution in [0.25, 0.3) is 0 Å². The Morgan fingerprint density at radius 1 is 1.41 bits per heavy atom. The van der Waals surface area contributed by atoms with Gasteiger partial charge in [0.25, 0.3) is 0 Å². The van der Waals surface area contributed by atoms with E-state index < -0.39 is 11.7 Å². The summed E-state index contributed by atoms with van der Waals surface area (Å²) in [6.45, 7) is 7.77. The van der Waals surface area contributed by atoms with Crippen LogP contribution in [0.3, 0.4) is 0 Å². The minimum Gasteiger partial charge on any atom is -0.443 e. The Kier molecular flexibility index (Phi) is 4.12. The number of amides is 1. The van der Waals surface area contributed by atoms with E-state index in [0.717, 1.165) is 16.1 Å². The van der Waals surface area contributed by atoms with Crippen molar-refractivity contribution in [2.24, 2.45) is 5.84 Å². The maximum absolute atomic E-state index is 11.6. The van der Waals surface area contributed by atoms with Gasteiger partial charge in [0.1, 0.15) is 5.60 Å². The second kappa shape index (κ2) is 5.19. The molecule has 1 rings (SSSR count). The van der Waals surface area contributed by atoms with Gasteiger partial charge in [-0.2, -0.15) is 0 Å². The van der Waals surface area contributed by atoms with Gasteiger partial charge in [-0.1, -0.05) is 29.8 Å². The van der Waals surface area contributed by atoms with Crippen LogP contribution in [0.5, 0.6) is 0 Å². The third-order valence-corrected chi connectivity index (χ3v) is 2.06. The number of nitrogens with zero attached hydrogens (tertiary/aromatic N) is 1. The van der Waals surface area contributed by atoms with Crippen LogP contribution in [-0.4, -0.2) is 16.7 Å². The van der Waals surface area contributed by atoms with Gasteiger partial charge >= 0.3 is 6.09 Å². The monoisotopic (exact) mass is 236 g/mol. The van der Waals surface area contributed by atoms with E-state index >= 15 is 0 Å². The summed E-state index contributed by atoms with van der Waals surface area (Å²) >= 11 is 0. The Labute approximate surface area is 102 Å². The SMILES string of the molecule is Cc1cccc(CN(N)C(=O)OC(C)(C)C)c1. The fourth-order valence-electron chi connectivity index (χ4n) is 1.39. The molecule has 0 spiro atoms. The fraction of sp³-hybridized carbons (Fsp3) is 0.462. The first-order valence-electron chi connectivity index (χ1n) is 5.59. The van der Waals surface area contributed by atoms with Crippen molar-refractivity contribution in [3.05, 3.63) is 35.4 Å². The molecule has 2 N–H and O–H groups in total. The van der Waals surface area contributed by atoms with Gasteiger partial charge in [0.2, 0.25) is 0 Å². The first kappa shape index (κ1) is 13.5. The molecule has 94 valence electrons. The summed E-state index contributed by atoms with van der Waals surface area (Å²) in [6, 6.07) is 7.85. The number of nitrogens with two attached hydrogens (primary N) is 1. The molecule has 0 bridgehead atoms. The van der Waals surface area contributed by atoms with Gasteiger partial charge in [0, 0.05) is 0 Å². The Morgan fingerprint density at radius 3 is 2.59 bits per heavy atom. The molecular weight excluding hydrogens is 216 g/mol. The molecule has 0 aliphatic rings. The topological polar surface area (TPSA) is 55.6 Å². The van der Waals surface area contributed by atoms with E-state index in [9.17, 15) is 4.79 Å². The molecule has 0 unspecified atom stereocenters. The third-order valence-electron chi connectivity index (χ3n) is 2.06. The van der Waals surface area contributed by atoms with E-state index in [0.29, 0.717) is 6.54 Å². The highest BCUT2D eigenvalue weighted by Crippen LogP contribution is 2.11. The summed E-state index contributed by atoms with van der Waals surface area (Å²) in [4.78, 5) is 11.6. The van der Waals surface area contributed by atoms with Gasteiger partial charge in [-0.05, 0) is 33.3 Å². The molecule has 0 saturated carbocycles. The molecule has 17 heavy (non-hydrogen) atoms. The highest BCUT2D eigenvalue weighted by molar-refractivity contribution is 5.67. The zero-order valence-corrected chi connectivity index (χ0v) is 10.9. The van der Waals surface area contributed by atoms with Crippen LogP contribution in [0.2, 0.25) is 0 Å². The Hall–Kier alpha value is -1.55. The van der Waals surface area contributed by atoms with Gasteiger partial charge < -0.3 is 4.74 Å². The van der Waals surface area contributed by atoms with Crippen LogP contribution < -0.4 is 5.84 Å². The van der Waals surface area contributed by atoms with Crippen molar-refractivity contribution >= 4 is 6.09 Å². The largest absolute Gasteiger partial charge is 0.443 e. The first-order valence-corrected chi connectivity index (χ1v) is 5.59. The summed E-state index contributed by atoms with van der Waals surface area (Å²) in [5, 5.41) is 1.08. The van der Waals surface area contributed by atoms with Gasteiger partial charge in [-0.3, -0.25) is 0 Å². The third kappa shape index (κ3) is 4.87. The first-order chi connectivity index (χ1) is 7.78. The number of benzene rings is 1. The smallest absolute Gasteiger partial charge is 0.424 e. The quantitative estimate of drug-likeness (QED) is 0.488. The molecule has 4 heteroatoms. The maximum atomic E-state index is 11.6. The van der Waals surface area contributed by atoms with E-state index in [1.165, 1.54) is 0 Å². The predicted octanol–water partition coefficient (Wildman–Crippen LogP) is 2.61. The summed E-state index contributed by atoms with van der Waals surface area (Å²) in [5.41, 5.74) is 1.60. The van der Waals surface area contributed by atoms with Crippen molar-refractivity contribution in [2.75, 3.05) is 0 Å². The summed E-state index contributed by atoms with van der Waals surface area (Å²) in [7, 11) is 0. The van der Waals surface area contributed by atoms with Crippen molar-refractivity contribution in [1.29, 1.82) is 0 Å². The summed E-state index contributed by atoms with van der Waals surface area (Å²) in [6.07, 6.45) is -0.515. The summed E-state index contributed by atoms with van der Waals surface area (Å²) < 4.78 is 5.16. The molecule has 0 saturated heterocycles. The van der Waals surface area contributed by atoms with E-state index in [1.54, 1.807) is 0 Å². The molecule has 0 aromatic heterocycles. The molecule has 4 nitrogen and oxygen atoms in total. The lowest BCUT2D eigenvalue weighted by atomic mass is 10.1. The van der Waals surface area contributed by atoms with Crippen LogP contribution >= 0.6 is 0 Å². The molecule has 1 aromatic carbocycles. The van der Waals surface area contributed by atoms with Gasteiger partial charge in [0.05, 0.1) is 6.54 Å². The van der Waals surface area contributed by atoms with Crippen molar-refractivity contribution in [3.63, 3.8) is 0 Å². The number of hydrogen-bond donors (Lipinski definition) is 1. The van der Waals surface area contributed by atoms with E-state index in [4.69, 9.17) is 10.6 Å². The Balaban J connectivity index is 2.60. The number of ether oxygens (including phenoxy) is 1. The molecule has 0 fully saturated rings. The average Bonchev–Trinajstić information content (AvgIpc) is 2.14. The number of rotatable bonds is 2. The molecule has 0 aliphatic heterocycles. The number of aryl methyl sites for hydroxylation is 1. The van der Waals surface area contributed by atoms with Gasteiger partial charge in [0.15, 0.2) is 0 Å². The number of carbonyl (C=O) groups is 1. The van der Waals surface area contributed by atoms with Gasteiger partial charge in [-0.15, -0.1) is 0 Å². The van der Waals surface area contributed by atoms with Gasteiger partial charge in [-0.25, -0.2) is 15.6 Å². The predicted molar refractivity (Wildman–Crippen MR) is 67.1 cm³/mol. The summed E-state index contributed by atoms with van der Waals surface area (Å²) in [5.74, 6) is 5.67. The minimum atomic E-state index is -0.526. The van der Waals surface area contributed by atoms with Crippen LogP contribution in [-0.2, 0) is 11.3 Å². The second-order valence-electron chi connectivity index (χ2n) is 5.10. The zero-order chi connectivity index (χ0) is 13.1. The molecule has 0 radical (unpaired) electrons. The maximum Gasteiger partial charge on any atom is 0.424 e. The standard InChI is InChI=1S/C13H20N2O2/c1-10-6-5-7-11(8-10)9-15(14)12(16)17-13(2,3)4/h5-8H,9,14H2,1-4H3. The normalized spacial score (nSPS) is 11.1. The molecule has 0 heterocycles. The van der Waals surface area contributed by atoms with E-state index in [1.807, 2.05) is 52.0 Å². The Morgan fingerprint density at radius 2 is 2.06 bits per heavy atom. The van der Waals surface area contributed by atoms with Crippen molar-refractivity contribution in [1.82, 2.24) is 5.01 Å². The van der Waals surface area contributed by atoms with Crippen LogP contribution in [0, 0.1) is 6.92 Å². The van der Waals surface area contributed by atoms with Crippen molar-refractivity contribution in [3.8, 4) is 0 Å². The molecule has 0 aliphatic carbocycles. The molecular formula is C13H20N2O2. The second-order valence-corrected chi connectivity index (χ2v) is 5.10. The lowest BCUT2D eigenvalue weighted by Gasteiger charge is -2.24. The zero-order valence-electron chi connectivity index (χ0n) is 10.9. The van der Waals surface area contributed by atoms with Crippen LogP contribution in [0.15, 0.2) is 24.3 Å². The number of carbonyl (C=O) groups excluding carboxylic acids is 1. The molecule has 1 amide bonds. The van der Waals surface area contributed by atoms with Crippen LogP contribution in [0.1, 0.15) is 31.9 Å². The van der Waals surface area contributed by atoms with Crippen LogP contribution in [0.4, 0.5) is 4.79 Å². The lowest BCUT2D eigenvalue weighted by molar-refractivity contribution is 0.0231. The number of hydrazine groups is 1. The van der Waals surface area contributed by atoms with E-state index in [2.05, 4.69) is 0 Å². The highest BCUT2D eigenvalue weighted by atomic mass is 16.6.